The minimum Gasteiger partial charge on any atom is -0.451 e. The summed E-state index contributed by atoms with van der Waals surface area (Å²) in [6.45, 7) is 0. The van der Waals surface area contributed by atoms with Gasteiger partial charge in [-0.25, -0.2) is 0 Å². The lowest BCUT2D eigenvalue weighted by molar-refractivity contribution is 0.101. The Kier molecular flexibility index (Phi) is 3.89. The van der Waals surface area contributed by atoms with Crippen molar-refractivity contribution in [3.8, 4) is 0 Å². The highest BCUT2D eigenvalue weighted by molar-refractivity contribution is 6.42. The van der Waals surface area contributed by atoms with E-state index in [1.54, 1.807) is 30.3 Å². The van der Waals surface area contributed by atoms with Crippen molar-refractivity contribution < 1.29 is 9.21 Å². The Labute approximate surface area is 140 Å². The molecular formula is C15H6Cl4O2. The van der Waals surface area contributed by atoms with Gasteiger partial charge in [0.1, 0.15) is 0 Å². The van der Waals surface area contributed by atoms with Crippen molar-refractivity contribution in [3.05, 3.63) is 67.8 Å². The van der Waals surface area contributed by atoms with Crippen molar-refractivity contribution >= 4 is 63.2 Å². The number of halogens is 4. The molecule has 0 bridgehead atoms. The lowest BCUT2D eigenvalue weighted by Gasteiger charge is -2.00. The van der Waals surface area contributed by atoms with E-state index < -0.39 is 0 Å². The van der Waals surface area contributed by atoms with Crippen molar-refractivity contribution in [3.63, 3.8) is 0 Å². The molecule has 1 heterocycles. The summed E-state index contributed by atoms with van der Waals surface area (Å²) in [7, 11) is 0. The Morgan fingerprint density at radius 2 is 1.62 bits per heavy atom. The second kappa shape index (κ2) is 5.54. The predicted octanol–water partition coefficient (Wildman–Crippen LogP) is 6.28. The molecule has 0 spiro atoms. The highest BCUT2D eigenvalue weighted by Crippen LogP contribution is 2.32. The molecule has 2 nitrogen and oxygen atoms in total. The second-order valence-corrected chi connectivity index (χ2v) is 6.03. The lowest BCUT2D eigenvalue weighted by Crippen LogP contribution is -1.99. The first-order valence-electron chi connectivity index (χ1n) is 5.84. The summed E-state index contributed by atoms with van der Waals surface area (Å²) in [5.74, 6) is -0.149. The molecule has 1 aromatic heterocycles. The van der Waals surface area contributed by atoms with E-state index in [2.05, 4.69) is 0 Å². The van der Waals surface area contributed by atoms with Crippen LogP contribution in [-0.4, -0.2) is 5.78 Å². The molecule has 0 aliphatic heterocycles. The molecule has 0 aliphatic carbocycles. The maximum atomic E-state index is 12.4. The third kappa shape index (κ3) is 2.77. The zero-order valence-corrected chi connectivity index (χ0v) is 13.3. The molecule has 0 aliphatic rings. The Bertz CT molecular complexity index is 867. The van der Waals surface area contributed by atoms with Gasteiger partial charge in [-0.05, 0) is 36.4 Å². The summed E-state index contributed by atoms with van der Waals surface area (Å²) in [6.07, 6.45) is 0. The molecule has 6 heteroatoms. The first kappa shape index (κ1) is 14.7. The Hall–Kier alpha value is -1.19. The van der Waals surface area contributed by atoms with E-state index in [9.17, 15) is 4.79 Å². The van der Waals surface area contributed by atoms with Gasteiger partial charge in [-0.15, -0.1) is 0 Å². The van der Waals surface area contributed by atoms with Gasteiger partial charge in [-0.1, -0.05) is 46.4 Å². The normalized spacial score (nSPS) is 11.0. The maximum absolute atomic E-state index is 12.4. The predicted molar refractivity (Wildman–Crippen MR) is 86.1 cm³/mol. The number of carbonyl (C=O) groups excluding carboxylic acids is 1. The fraction of sp³-hybridized carbons (Fsp3) is 0. The van der Waals surface area contributed by atoms with E-state index in [4.69, 9.17) is 50.8 Å². The molecule has 0 amide bonds. The number of fused-ring (bicyclic) bond motifs is 1. The van der Waals surface area contributed by atoms with E-state index in [0.717, 1.165) is 0 Å². The van der Waals surface area contributed by atoms with Crippen LogP contribution in [0.5, 0.6) is 0 Å². The van der Waals surface area contributed by atoms with E-state index in [0.29, 0.717) is 36.6 Å². The van der Waals surface area contributed by atoms with Crippen LogP contribution in [0, 0.1) is 0 Å². The third-order valence-electron chi connectivity index (χ3n) is 2.94. The number of rotatable bonds is 2. The van der Waals surface area contributed by atoms with Gasteiger partial charge in [-0.2, -0.15) is 0 Å². The summed E-state index contributed by atoms with van der Waals surface area (Å²) < 4.78 is 5.52. The van der Waals surface area contributed by atoms with Crippen LogP contribution in [0.2, 0.25) is 20.1 Å². The molecule has 0 unspecified atom stereocenters. The summed E-state index contributed by atoms with van der Waals surface area (Å²) in [6, 6.07) is 9.47. The van der Waals surface area contributed by atoms with Crippen LogP contribution in [-0.2, 0) is 0 Å². The molecule has 106 valence electrons. The third-order valence-corrected chi connectivity index (χ3v) is 4.18. The summed E-state index contributed by atoms with van der Waals surface area (Å²) in [5.41, 5.74) is 0.801. The molecule has 21 heavy (non-hydrogen) atoms. The molecule has 2 aromatic carbocycles. The van der Waals surface area contributed by atoms with Crippen LogP contribution >= 0.6 is 46.4 Å². The SMILES string of the molecule is O=C(c1ccc(Cl)c(Cl)c1)c1cc2cc(Cl)cc(Cl)c2o1. The first-order chi connectivity index (χ1) is 9.95. The molecule has 0 N–H and O–H groups in total. The van der Waals surface area contributed by atoms with Crippen molar-refractivity contribution in [1.29, 1.82) is 0 Å². The van der Waals surface area contributed by atoms with Gasteiger partial charge in [0, 0.05) is 16.0 Å². The molecule has 0 saturated carbocycles. The zero-order chi connectivity index (χ0) is 15.1. The number of hydrogen-bond donors (Lipinski definition) is 0. The van der Waals surface area contributed by atoms with Crippen LogP contribution in [0.15, 0.2) is 40.8 Å². The molecular weight excluding hydrogens is 354 g/mol. The van der Waals surface area contributed by atoms with Crippen LogP contribution < -0.4 is 0 Å². The number of furan rings is 1. The number of ketones is 1. The standard InChI is InChI=1S/C15H6Cl4O2/c16-9-3-8-5-13(21-15(8)12(19)6-9)14(20)7-1-2-10(17)11(18)4-7/h1-6H. The Balaban J connectivity index is 2.09. The average Bonchev–Trinajstić information content (AvgIpc) is 2.85. The van der Waals surface area contributed by atoms with E-state index in [1.807, 2.05) is 0 Å². The molecule has 0 fully saturated rings. The highest BCUT2D eigenvalue weighted by atomic mass is 35.5. The van der Waals surface area contributed by atoms with Gasteiger partial charge in [0.05, 0.1) is 15.1 Å². The highest BCUT2D eigenvalue weighted by Gasteiger charge is 2.17. The Morgan fingerprint density at radius 1 is 0.857 bits per heavy atom. The topological polar surface area (TPSA) is 30.2 Å². The smallest absolute Gasteiger partial charge is 0.228 e. The molecule has 0 radical (unpaired) electrons. The van der Waals surface area contributed by atoms with Crippen LogP contribution in [0.3, 0.4) is 0 Å². The van der Waals surface area contributed by atoms with Gasteiger partial charge in [0.2, 0.25) is 5.78 Å². The Morgan fingerprint density at radius 3 is 2.33 bits per heavy atom. The number of hydrogen-bond acceptors (Lipinski definition) is 2. The van der Waals surface area contributed by atoms with Gasteiger partial charge < -0.3 is 4.42 Å². The monoisotopic (exact) mass is 358 g/mol. The van der Waals surface area contributed by atoms with Crippen molar-refractivity contribution in [2.24, 2.45) is 0 Å². The summed E-state index contributed by atoms with van der Waals surface area (Å²) >= 11 is 23.7. The van der Waals surface area contributed by atoms with Crippen molar-refractivity contribution in [2.45, 2.75) is 0 Å². The fourth-order valence-electron chi connectivity index (χ4n) is 1.97. The summed E-state index contributed by atoms with van der Waals surface area (Å²) in [5, 5.41) is 2.18. The van der Waals surface area contributed by atoms with Crippen LogP contribution in [0.1, 0.15) is 16.1 Å². The molecule has 3 rings (SSSR count). The largest absolute Gasteiger partial charge is 0.451 e. The van der Waals surface area contributed by atoms with Crippen molar-refractivity contribution in [1.82, 2.24) is 0 Å². The van der Waals surface area contributed by atoms with Gasteiger partial charge >= 0.3 is 0 Å². The zero-order valence-electron chi connectivity index (χ0n) is 10.3. The average molecular weight is 360 g/mol. The first-order valence-corrected chi connectivity index (χ1v) is 7.35. The fourth-order valence-corrected chi connectivity index (χ4v) is 2.81. The molecule has 0 saturated heterocycles. The van der Waals surface area contributed by atoms with E-state index in [-0.39, 0.29) is 11.5 Å². The van der Waals surface area contributed by atoms with Crippen LogP contribution in [0.25, 0.3) is 11.0 Å². The lowest BCUT2D eigenvalue weighted by atomic mass is 10.1. The van der Waals surface area contributed by atoms with E-state index >= 15 is 0 Å². The molecule has 3 aromatic rings. The van der Waals surface area contributed by atoms with Gasteiger partial charge in [0.15, 0.2) is 11.3 Å². The number of benzene rings is 2. The minimum absolute atomic E-state index is 0.160. The van der Waals surface area contributed by atoms with Gasteiger partial charge in [-0.3, -0.25) is 4.79 Å². The molecule has 0 atom stereocenters. The van der Waals surface area contributed by atoms with Crippen LogP contribution in [0.4, 0.5) is 0 Å². The van der Waals surface area contributed by atoms with Gasteiger partial charge in [0.25, 0.3) is 0 Å². The minimum atomic E-state index is -0.308. The maximum Gasteiger partial charge on any atom is 0.228 e. The van der Waals surface area contributed by atoms with E-state index in [1.165, 1.54) is 6.07 Å². The number of carbonyl (C=O) groups is 1. The quantitative estimate of drug-likeness (QED) is 0.504. The summed E-state index contributed by atoms with van der Waals surface area (Å²) in [4.78, 5) is 12.4. The second-order valence-electron chi connectivity index (χ2n) is 4.37. The van der Waals surface area contributed by atoms with Crippen molar-refractivity contribution in [2.75, 3.05) is 0 Å².